The summed E-state index contributed by atoms with van der Waals surface area (Å²) in [5.41, 5.74) is 5.48. The lowest BCUT2D eigenvalue weighted by atomic mass is 10.1. The van der Waals surface area contributed by atoms with Gasteiger partial charge in [0, 0.05) is 6.04 Å². The number of thiophene rings is 1. The molecule has 0 amide bonds. The number of hydrogen-bond acceptors (Lipinski definition) is 4. The minimum absolute atomic E-state index is 0.0808. The van der Waals surface area contributed by atoms with E-state index in [9.17, 15) is 8.42 Å². The molecule has 4 nitrogen and oxygen atoms in total. The SMILES string of the molecule is CC(C)CCC(C)NS(=O)(=O)c1ccc(C(N)=S)s1. The Bertz CT molecular complexity index is 535. The van der Waals surface area contributed by atoms with Crippen molar-refractivity contribution >= 4 is 38.6 Å². The number of rotatable bonds is 7. The van der Waals surface area contributed by atoms with Crippen LogP contribution in [0.2, 0.25) is 0 Å². The molecule has 19 heavy (non-hydrogen) atoms. The van der Waals surface area contributed by atoms with Crippen LogP contribution in [0.15, 0.2) is 16.3 Å². The predicted octanol–water partition coefficient (Wildman–Crippen LogP) is 2.49. The molecule has 0 aliphatic heterocycles. The molecule has 0 fully saturated rings. The molecule has 0 aromatic carbocycles. The number of nitrogens with one attached hydrogen (secondary N) is 1. The summed E-state index contributed by atoms with van der Waals surface area (Å²) in [5, 5.41) is 0. The van der Waals surface area contributed by atoms with Crippen molar-refractivity contribution in [2.24, 2.45) is 11.7 Å². The van der Waals surface area contributed by atoms with Crippen LogP contribution in [0.25, 0.3) is 0 Å². The van der Waals surface area contributed by atoms with Crippen LogP contribution in [-0.2, 0) is 10.0 Å². The van der Waals surface area contributed by atoms with Crippen molar-refractivity contribution in [2.45, 2.75) is 43.9 Å². The molecule has 3 N–H and O–H groups in total. The van der Waals surface area contributed by atoms with Crippen LogP contribution < -0.4 is 10.5 Å². The average molecular weight is 321 g/mol. The van der Waals surface area contributed by atoms with Crippen LogP contribution in [0.4, 0.5) is 0 Å². The molecule has 7 heteroatoms. The van der Waals surface area contributed by atoms with E-state index in [2.05, 4.69) is 18.6 Å². The first-order valence-electron chi connectivity index (χ1n) is 6.14. The predicted molar refractivity (Wildman–Crippen MR) is 84.1 cm³/mol. The standard InChI is InChI=1S/C12H20N2O2S3/c1-8(2)4-5-9(3)14-19(15,16)11-7-6-10(18-11)12(13)17/h6-9,14H,4-5H2,1-3H3,(H2,13,17). The Morgan fingerprint density at radius 1 is 1.37 bits per heavy atom. The van der Waals surface area contributed by atoms with Crippen LogP contribution in [0.5, 0.6) is 0 Å². The number of sulfonamides is 1. The van der Waals surface area contributed by atoms with Gasteiger partial charge in [0.05, 0.1) is 4.88 Å². The Morgan fingerprint density at radius 2 is 2.00 bits per heavy atom. The quantitative estimate of drug-likeness (QED) is 0.757. The second-order valence-corrected chi connectivity index (χ2v) is 8.44. The van der Waals surface area contributed by atoms with E-state index in [1.54, 1.807) is 6.07 Å². The fourth-order valence-electron chi connectivity index (χ4n) is 1.56. The highest BCUT2D eigenvalue weighted by Crippen LogP contribution is 2.22. The van der Waals surface area contributed by atoms with Gasteiger partial charge in [-0.05, 0) is 37.8 Å². The van der Waals surface area contributed by atoms with Crippen LogP contribution in [0.1, 0.15) is 38.5 Å². The van der Waals surface area contributed by atoms with Crippen molar-refractivity contribution in [3.63, 3.8) is 0 Å². The van der Waals surface area contributed by atoms with Gasteiger partial charge in [0.15, 0.2) is 0 Å². The maximum Gasteiger partial charge on any atom is 0.250 e. The first-order chi connectivity index (χ1) is 8.72. The zero-order chi connectivity index (χ0) is 14.6. The first kappa shape index (κ1) is 16.6. The van der Waals surface area contributed by atoms with Crippen molar-refractivity contribution in [1.29, 1.82) is 0 Å². The van der Waals surface area contributed by atoms with Crippen LogP contribution in [0.3, 0.4) is 0 Å². The first-order valence-corrected chi connectivity index (χ1v) is 8.85. The van der Waals surface area contributed by atoms with E-state index in [-0.39, 0.29) is 15.2 Å². The summed E-state index contributed by atoms with van der Waals surface area (Å²) in [7, 11) is -3.47. The molecular formula is C12H20N2O2S3. The lowest BCUT2D eigenvalue weighted by molar-refractivity contribution is 0.486. The summed E-state index contributed by atoms with van der Waals surface area (Å²) in [6.07, 6.45) is 1.82. The number of hydrogen-bond donors (Lipinski definition) is 2. The van der Waals surface area contributed by atoms with Crippen molar-refractivity contribution < 1.29 is 8.42 Å². The third-order valence-electron chi connectivity index (χ3n) is 2.62. The van der Waals surface area contributed by atoms with Gasteiger partial charge in [-0.15, -0.1) is 11.3 Å². The molecule has 1 heterocycles. The van der Waals surface area contributed by atoms with Gasteiger partial charge < -0.3 is 5.73 Å². The van der Waals surface area contributed by atoms with Gasteiger partial charge in [-0.3, -0.25) is 0 Å². The molecule has 1 unspecified atom stereocenters. The minimum atomic E-state index is -3.47. The van der Waals surface area contributed by atoms with Gasteiger partial charge in [0.2, 0.25) is 10.0 Å². The topological polar surface area (TPSA) is 72.2 Å². The third kappa shape index (κ3) is 5.18. The summed E-state index contributed by atoms with van der Waals surface area (Å²) in [6, 6.07) is 3.10. The van der Waals surface area contributed by atoms with Crippen molar-refractivity contribution in [3.05, 3.63) is 17.0 Å². The molecule has 0 saturated heterocycles. The summed E-state index contributed by atoms with van der Waals surface area (Å²) < 4.78 is 27.2. The average Bonchev–Trinajstić information content (AvgIpc) is 2.75. The fraction of sp³-hybridized carbons (Fsp3) is 0.583. The van der Waals surface area contributed by atoms with Gasteiger partial charge in [-0.25, -0.2) is 13.1 Å². The van der Waals surface area contributed by atoms with Gasteiger partial charge in [0.1, 0.15) is 9.20 Å². The molecule has 1 aromatic rings. The lowest BCUT2D eigenvalue weighted by Crippen LogP contribution is -2.32. The molecule has 0 aliphatic rings. The van der Waals surface area contributed by atoms with Gasteiger partial charge in [-0.1, -0.05) is 26.1 Å². The van der Waals surface area contributed by atoms with E-state index in [4.69, 9.17) is 18.0 Å². The van der Waals surface area contributed by atoms with Gasteiger partial charge in [0.25, 0.3) is 0 Å². The molecule has 0 spiro atoms. The van der Waals surface area contributed by atoms with Crippen molar-refractivity contribution in [2.75, 3.05) is 0 Å². The molecule has 1 rings (SSSR count). The maximum atomic E-state index is 12.1. The summed E-state index contributed by atoms with van der Waals surface area (Å²) in [4.78, 5) is 0.838. The fourth-order valence-corrected chi connectivity index (χ4v) is 4.21. The van der Waals surface area contributed by atoms with E-state index < -0.39 is 10.0 Å². The summed E-state index contributed by atoms with van der Waals surface area (Å²) in [5.74, 6) is 0.565. The van der Waals surface area contributed by atoms with Gasteiger partial charge >= 0.3 is 0 Å². The Morgan fingerprint density at radius 3 is 2.47 bits per heavy atom. The minimum Gasteiger partial charge on any atom is -0.389 e. The normalized spacial score (nSPS) is 13.7. The van der Waals surface area contributed by atoms with E-state index >= 15 is 0 Å². The second-order valence-electron chi connectivity index (χ2n) is 4.98. The number of thiocarbonyl (C=S) groups is 1. The van der Waals surface area contributed by atoms with E-state index in [0.29, 0.717) is 10.8 Å². The van der Waals surface area contributed by atoms with E-state index in [1.807, 2.05) is 6.92 Å². The lowest BCUT2D eigenvalue weighted by Gasteiger charge is -2.14. The Hall–Kier alpha value is -0.500. The Balaban J connectivity index is 2.72. The Kier molecular flexibility index (Phi) is 5.91. The highest BCUT2D eigenvalue weighted by molar-refractivity contribution is 7.91. The molecular weight excluding hydrogens is 300 g/mol. The van der Waals surface area contributed by atoms with Crippen molar-refractivity contribution in [1.82, 2.24) is 4.72 Å². The molecule has 0 aliphatic carbocycles. The second kappa shape index (κ2) is 6.78. The van der Waals surface area contributed by atoms with Gasteiger partial charge in [-0.2, -0.15) is 0 Å². The molecule has 0 radical (unpaired) electrons. The van der Waals surface area contributed by atoms with Crippen LogP contribution >= 0.6 is 23.6 Å². The summed E-state index contributed by atoms with van der Waals surface area (Å²) >= 11 is 5.93. The monoisotopic (exact) mass is 320 g/mol. The smallest absolute Gasteiger partial charge is 0.250 e. The van der Waals surface area contributed by atoms with Crippen molar-refractivity contribution in [3.8, 4) is 0 Å². The van der Waals surface area contributed by atoms with Crippen LogP contribution in [-0.4, -0.2) is 19.4 Å². The molecule has 0 bridgehead atoms. The molecule has 1 atom stereocenters. The zero-order valence-electron chi connectivity index (χ0n) is 11.3. The largest absolute Gasteiger partial charge is 0.389 e. The Labute approximate surface area is 124 Å². The molecule has 0 saturated carbocycles. The highest BCUT2D eigenvalue weighted by atomic mass is 32.2. The van der Waals surface area contributed by atoms with E-state index in [0.717, 1.165) is 24.2 Å². The summed E-state index contributed by atoms with van der Waals surface area (Å²) in [6.45, 7) is 6.12. The number of nitrogens with two attached hydrogens (primary N) is 1. The van der Waals surface area contributed by atoms with E-state index in [1.165, 1.54) is 6.07 Å². The molecule has 108 valence electrons. The zero-order valence-corrected chi connectivity index (χ0v) is 13.8. The maximum absolute atomic E-state index is 12.1. The van der Waals surface area contributed by atoms with Crippen LogP contribution in [0, 0.1) is 5.92 Å². The third-order valence-corrected chi connectivity index (χ3v) is 6.17. The molecule has 1 aromatic heterocycles. The highest BCUT2D eigenvalue weighted by Gasteiger charge is 2.20.